The first-order valence-electron chi connectivity index (χ1n) is 8.43. The van der Waals surface area contributed by atoms with E-state index in [1.165, 1.54) is 5.69 Å². The topological polar surface area (TPSA) is 42.7 Å². The van der Waals surface area contributed by atoms with Gasteiger partial charge in [-0.15, -0.1) is 0 Å². The summed E-state index contributed by atoms with van der Waals surface area (Å²) in [7, 11) is 0. The average Bonchev–Trinajstić information content (AvgIpc) is 3.11. The van der Waals surface area contributed by atoms with E-state index in [0.717, 1.165) is 42.8 Å². The molecule has 2 aromatic carbocycles. The van der Waals surface area contributed by atoms with Crippen molar-refractivity contribution in [2.75, 3.05) is 31.2 Å². The van der Waals surface area contributed by atoms with Crippen molar-refractivity contribution < 1.29 is 13.9 Å². The van der Waals surface area contributed by atoms with E-state index in [2.05, 4.69) is 17.0 Å². The first-order valence-corrected chi connectivity index (χ1v) is 8.43. The summed E-state index contributed by atoms with van der Waals surface area (Å²) in [4.78, 5) is 14.6. The standard InChI is InChI=1S/C21H19NO3/c23-19(21-15-17-3-1-2-4-20(17)25-21)10-7-16-5-8-18(9-6-16)22-11-13-24-14-12-22/h1-10,15H,11-14H2. The van der Waals surface area contributed by atoms with Gasteiger partial charge in [-0.1, -0.05) is 36.4 Å². The highest BCUT2D eigenvalue weighted by molar-refractivity contribution is 6.06. The number of nitrogens with zero attached hydrogens (tertiary/aromatic N) is 1. The van der Waals surface area contributed by atoms with Gasteiger partial charge in [0.15, 0.2) is 5.76 Å². The van der Waals surface area contributed by atoms with Crippen LogP contribution in [0.1, 0.15) is 16.1 Å². The van der Waals surface area contributed by atoms with Gasteiger partial charge in [-0.2, -0.15) is 0 Å². The number of para-hydroxylation sites is 1. The molecule has 0 radical (unpaired) electrons. The second kappa shape index (κ2) is 6.95. The Labute approximate surface area is 146 Å². The molecule has 1 aliphatic rings. The number of morpholine rings is 1. The fourth-order valence-corrected chi connectivity index (χ4v) is 2.98. The predicted octanol–water partition coefficient (Wildman–Crippen LogP) is 4.17. The summed E-state index contributed by atoms with van der Waals surface area (Å²) in [5, 5.41) is 0.939. The van der Waals surface area contributed by atoms with E-state index in [9.17, 15) is 4.79 Å². The highest BCUT2D eigenvalue weighted by Crippen LogP contribution is 2.20. The quantitative estimate of drug-likeness (QED) is 0.531. The Balaban J connectivity index is 1.46. The maximum atomic E-state index is 12.3. The molecule has 4 rings (SSSR count). The minimum Gasteiger partial charge on any atom is -0.453 e. The van der Waals surface area contributed by atoms with Crippen LogP contribution in [0.2, 0.25) is 0 Å². The van der Waals surface area contributed by atoms with Crippen molar-refractivity contribution in [3.63, 3.8) is 0 Å². The maximum Gasteiger partial charge on any atom is 0.221 e. The average molecular weight is 333 g/mol. The van der Waals surface area contributed by atoms with E-state index in [-0.39, 0.29) is 5.78 Å². The Morgan fingerprint density at radius 1 is 1.00 bits per heavy atom. The zero-order valence-electron chi connectivity index (χ0n) is 13.9. The van der Waals surface area contributed by atoms with Gasteiger partial charge in [-0.05, 0) is 35.9 Å². The number of fused-ring (bicyclic) bond motifs is 1. The lowest BCUT2D eigenvalue weighted by molar-refractivity contribution is 0.102. The molecule has 2 heterocycles. The molecule has 0 amide bonds. The SMILES string of the molecule is O=C(C=Cc1ccc(N2CCOCC2)cc1)c1cc2ccccc2o1. The van der Waals surface area contributed by atoms with Crippen LogP contribution in [-0.4, -0.2) is 32.1 Å². The Kier molecular flexibility index (Phi) is 4.36. The van der Waals surface area contributed by atoms with E-state index < -0.39 is 0 Å². The summed E-state index contributed by atoms with van der Waals surface area (Å²) in [5.74, 6) is 0.232. The highest BCUT2D eigenvalue weighted by atomic mass is 16.5. The van der Waals surface area contributed by atoms with Crippen molar-refractivity contribution in [2.24, 2.45) is 0 Å². The lowest BCUT2D eigenvalue weighted by atomic mass is 10.1. The number of furan rings is 1. The summed E-state index contributed by atoms with van der Waals surface area (Å²) >= 11 is 0. The number of carbonyl (C=O) groups is 1. The van der Waals surface area contributed by atoms with E-state index in [4.69, 9.17) is 9.15 Å². The molecule has 0 aliphatic carbocycles. The van der Waals surface area contributed by atoms with Crippen LogP contribution in [0, 0.1) is 0 Å². The van der Waals surface area contributed by atoms with Crippen molar-refractivity contribution in [3.8, 4) is 0 Å². The molecule has 1 fully saturated rings. The largest absolute Gasteiger partial charge is 0.453 e. The fourth-order valence-electron chi connectivity index (χ4n) is 2.98. The number of benzene rings is 2. The molecule has 0 unspecified atom stereocenters. The molecular formula is C21H19NO3. The predicted molar refractivity (Wildman–Crippen MR) is 99.1 cm³/mol. The molecule has 1 saturated heterocycles. The van der Waals surface area contributed by atoms with Gasteiger partial charge in [-0.25, -0.2) is 0 Å². The fraction of sp³-hybridized carbons (Fsp3) is 0.190. The third-order valence-electron chi connectivity index (χ3n) is 4.36. The molecule has 25 heavy (non-hydrogen) atoms. The number of ketones is 1. The lowest BCUT2D eigenvalue weighted by Crippen LogP contribution is -2.36. The van der Waals surface area contributed by atoms with Crippen LogP contribution < -0.4 is 4.90 Å². The molecule has 1 aromatic heterocycles. The Hall–Kier alpha value is -2.85. The van der Waals surface area contributed by atoms with Crippen molar-refractivity contribution >= 4 is 28.5 Å². The van der Waals surface area contributed by atoms with Crippen LogP contribution in [0.5, 0.6) is 0 Å². The molecule has 3 aromatic rings. The molecule has 0 spiro atoms. The van der Waals surface area contributed by atoms with E-state index in [1.54, 1.807) is 12.1 Å². The second-order valence-electron chi connectivity index (χ2n) is 6.04. The van der Waals surface area contributed by atoms with Gasteiger partial charge in [0.25, 0.3) is 0 Å². The third-order valence-corrected chi connectivity index (χ3v) is 4.36. The van der Waals surface area contributed by atoms with E-state index >= 15 is 0 Å². The first-order chi connectivity index (χ1) is 12.3. The van der Waals surface area contributed by atoms with Gasteiger partial charge in [0.1, 0.15) is 5.58 Å². The molecule has 1 aliphatic heterocycles. The van der Waals surface area contributed by atoms with Gasteiger partial charge in [0, 0.05) is 24.2 Å². The van der Waals surface area contributed by atoms with Crippen molar-refractivity contribution in [3.05, 3.63) is 72.0 Å². The minimum absolute atomic E-state index is 0.131. The first kappa shape index (κ1) is 15.7. The number of carbonyl (C=O) groups excluding carboxylic acids is 1. The molecule has 126 valence electrons. The third kappa shape index (κ3) is 3.49. The summed E-state index contributed by atoms with van der Waals surface area (Å²) < 4.78 is 11.0. The van der Waals surface area contributed by atoms with Crippen LogP contribution >= 0.6 is 0 Å². The molecule has 0 saturated carbocycles. The Morgan fingerprint density at radius 3 is 2.52 bits per heavy atom. The monoisotopic (exact) mass is 333 g/mol. The van der Waals surface area contributed by atoms with Crippen LogP contribution in [0.3, 0.4) is 0 Å². The Bertz CT molecular complexity index is 869. The molecule has 4 heteroatoms. The molecule has 4 nitrogen and oxygen atoms in total. The van der Waals surface area contributed by atoms with Gasteiger partial charge < -0.3 is 14.1 Å². The summed E-state index contributed by atoms with van der Waals surface area (Å²) in [5.41, 5.74) is 2.90. The number of anilines is 1. The lowest BCUT2D eigenvalue weighted by Gasteiger charge is -2.28. The van der Waals surface area contributed by atoms with Crippen molar-refractivity contribution in [2.45, 2.75) is 0 Å². The molecule has 0 N–H and O–H groups in total. The molecular weight excluding hydrogens is 314 g/mol. The van der Waals surface area contributed by atoms with Crippen molar-refractivity contribution in [1.29, 1.82) is 0 Å². The van der Waals surface area contributed by atoms with Gasteiger partial charge in [-0.3, -0.25) is 4.79 Å². The summed E-state index contributed by atoms with van der Waals surface area (Å²) in [6, 6.07) is 17.6. The van der Waals surface area contributed by atoms with Gasteiger partial charge >= 0.3 is 0 Å². The number of hydrogen-bond acceptors (Lipinski definition) is 4. The van der Waals surface area contributed by atoms with Crippen LogP contribution in [-0.2, 0) is 4.74 Å². The summed E-state index contributed by atoms with van der Waals surface area (Å²) in [6.07, 6.45) is 3.38. The second-order valence-corrected chi connectivity index (χ2v) is 6.04. The number of allylic oxidation sites excluding steroid dienone is 1. The highest BCUT2D eigenvalue weighted by Gasteiger charge is 2.11. The van der Waals surface area contributed by atoms with E-state index in [1.807, 2.05) is 42.5 Å². The van der Waals surface area contributed by atoms with Crippen LogP contribution in [0.15, 0.2) is 65.1 Å². The maximum absolute atomic E-state index is 12.3. The van der Waals surface area contributed by atoms with E-state index in [0.29, 0.717) is 5.76 Å². The smallest absolute Gasteiger partial charge is 0.221 e. The molecule has 0 bridgehead atoms. The summed E-state index contributed by atoms with van der Waals surface area (Å²) in [6.45, 7) is 3.38. The van der Waals surface area contributed by atoms with Gasteiger partial charge in [0.2, 0.25) is 5.78 Å². The van der Waals surface area contributed by atoms with Crippen LogP contribution in [0.25, 0.3) is 17.0 Å². The van der Waals surface area contributed by atoms with Crippen LogP contribution in [0.4, 0.5) is 5.69 Å². The minimum atomic E-state index is -0.131. The zero-order valence-corrected chi connectivity index (χ0v) is 13.9. The zero-order chi connectivity index (χ0) is 17.1. The number of ether oxygens (including phenoxy) is 1. The molecule has 0 atom stereocenters. The Morgan fingerprint density at radius 2 is 1.76 bits per heavy atom. The number of rotatable bonds is 4. The normalized spacial score (nSPS) is 15.1. The van der Waals surface area contributed by atoms with Gasteiger partial charge in [0.05, 0.1) is 13.2 Å². The van der Waals surface area contributed by atoms with Crippen molar-refractivity contribution in [1.82, 2.24) is 0 Å². The number of hydrogen-bond donors (Lipinski definition) is 0.